The Labute approximate surface area is 185 Å². The summed E-state index contributed by atoms with van der Waals surface area (Å²) in [7, 11) is 1.73. The minimum atomic E-state index is -0.419. The summed E-state index contributed by atoms with van der Waals surface area (Å²) >= 11 is 0. The average Bonchev–Trinajstić information content (AvgIpc) is 3.22. The lowest BCUT2D eigenvalue weighted by Gasteiger charge is -2.51. The summed E-state index contributed by atoms with van der Waals surface area (Å²) in [5.74, 6) is 1.73. The Kier molecular flexibility index (Phi) is 4.97. The average molecular weight is 420 g/mol. The largest absolute Gasteiger partial charge is 0.493 e. The van der Waals surface area contributed by atoms with Gasteiger partial charge in [0.05, 0.1) is 18.9 Å². The summed E-state index contributed by atoms with van der Waals surface area (Å²) in [6, 6.07) is 13.6. The topological polar surface area (TPSA) is 37.3 Å². The fourth-order valence-electron chi connectivity index (χ4n) is 5.36. The maximum atomic E-state index is 6.83. The number of piperidine rings is 1. The van der Waals surface area contributed by atoms with E-state index in [0.29, 0.717) is 6.04 Å². The summed E-state index contributed by atoms with van der Waals surface area (Å²) in [6.07, 6.45) is 2.76. The van der Waals surface area contributed by atoms with Crippen molar-refractivity contribution in [1.29, 1.82) is 0 Å². The van der Waals surface area contributed by atoms with Crippen LogP contribution < -0.4 is 9.47 Å². The van der Waals surface area contributed by atoms with Crippen LogP contribution in [0.4, 0.5) is 0 Å². The minimum absolute atomic E-state index is 0.180. The molecule has 5 heteroatoms. The van der Waals surface area contributed by atoms with Crippen molar-refractivity contribution >= 4 is 5.71 Å². The van der Waals surface area contributed by atoms with Gasteiger partial charge in [-0.15, -0.1) is 0 Å². The molecule has 2 aromatic rings. The molecule has 0 amide bonds. The summed E-state index contributed by atoms with van der Waals surface area (Å²) in [5.41, 5.74) is 5.73. The molecule has 5 nitrogen and oxygen atoms in total. The first-order chi connectivity index (χ1) is 14.9. The highest BCUT2D eigenvalue weighted by atomic mass is 16.5. The van der Waals surface area contributed by atoms with E-state index in [1.165, 1.54) is 22.3 Å². The van der Waals surface area contributed by atoms with Gasteiger partial charge in [-0.25, -0.2) is 5.01 Å². The first kappa shape index (κ1) is 20.4. The molecular formula is C26H33N3O2. The fourth-order valence-corrected chi connectivity index (χ4v) is 5.36. The lowest BCUT2D eigenvalue weighted by atomic mass is 9.89. The highest BCUT2D eigenvalue weighted by Gasteiger charge is 2.52. The molecule has 31 heavy (non-hydrogen) atoms. The van der Waals surface area contributed by atoms with Crippen LogP contribution in [0.15, 0.2) is 41.5 Å². The molecule has 3 heterocycles. The van der Waals surface area contributed by atoms with Gasteiger partial charge >= 0.3 is 0 Å². The first-order valence-corrected chi connectivity index (χ1v) is 11.5. The lowest BCUT2D eigenvalue weighted by Crippen LogP contribution is -2.59. The van der Waals surface area contributed by atoms with E-state index in [9.17, 15) is 0 Å². The molecule has 5 rings (SSSR count). The maximum Gasteiger partial charge on any atom is 0.200 e. The summed E-state index contributed by atoms with van der Waals surface area (Å²) in [4.78, 5) is 2.53. The van der Waals surface area contributed by atoms with Crippen LogP contribution in [0.25, 0.3) is 0 Å². The third kappa shape index (κ3) is 3.30. The number of nitrogens with zero attached hydrogens (tertiary/aromatic N) is 3. The molecule has 0 N–H and O–H groups in total. The Morgan fingerprint density at radius 1 is 1.13 bits per heavy atom. The van der Waals surface area contributed by atoms with Gasteiger partial charge < -0.3 is 14.4 Å². The van der Waals surface area contributed by atoms with Crippen molar-refractivity contribution in [1.82, 2.24) is 9.91 Å². The third-order valence-electron chi connectivity index (χ3n) is 7.22. The normalized spacial score (nSPS) is 22.2. The molecule has 3 aliphatic heterocycles. The number of benzene rings is 2. The number of aryl methyl sites for hydroxylation is 2. The summed E-state index contributed by atoms with van der Waals surface area (Å²) < 4.78 is 12.5. The van der Waals surface area contributed by atoms with Crippen molar-refractivity contribution in [2.45, 2.75) is 64.8 Å². The number of methoxy groups -OCH3 is 1. The number of rotatable bonds is 3. The van der Waals surface area contributed by atoms with E-state index >= 15 is 0 Å². The van der Waals surface area contributed by atoms with Crippen LogP contribution in [-0.4, -0.2) is 47.6 Å². The zero-order valence-electron chi connectivity index (χ0n) is 19.3. The van der Waals surface area contributed by atoms with E-state index in [1.807, 2.05) is 6.07 Å². The van der Waals surface area contributed by atoms with Gasteiger partial charge in [0.2, 0.25) is 5.72 Å². The Morgan fingerprint density at radius 3 is 2.61 bits per heavy atom. The molecular weight excluding hydrogens is 386 g/mol. The number of hydrogen-bond acceptors (Lipinski definition) is 5. The molecule has 0 bridgehead atoms. The second-order valence-corrected chi connectivity index (χ2v) is 9.49. The van der Waals surface area contributed by atoms with Gasteiger partial charge in [0.25, 0.3) is 0 Å². The molecule has 0 unspecified atom stereocenters. The number of hydrogen-bond donors (Lipinski definition) is 0. The van der Waals surface area contributed by atoms with Crippen LogP contribution in [0.1, 0.15) is 61.4 Å². The number of ether oxygens (including phenoxy) is 2. The van der Waals surface area contributed by atoms with Crippen LogP contribution in [0.2, 0.25) is 0 Å². The Hall–Kier alpha value is -2.53. The molecule has 1 saturated heterocycles. The highest BCUT2D eigenvalue weighted by molar-refractivity contribution is 6.03. The van der Waals surface area contributed by atoms with Gasteiger partial charge in [-0.1, -0.05) is 29.8 Å². The quantitative estimate of drug-likeness (QED) is 0.697. The maximum absolute atomic E-state index is 6.83. The van der Waals surface area contributed by atoms with Crippen molar-refractivity contribution in [3.05, 3.63) is 58.7 Å². The van der Waals surface area contributed by atoms with Crippen LogP contribution in [0, 0.1) is 13.8 Å². The molecule has 2 aromatic carbocycles. The third-order valence-corrected chi connectivity index (χ3v) is 7.22. The predicted molar refractivity (Wildman–Crippen MR) is 124 cm³/mol. The van der Waals surface area contributed by atoms with Gasteiger partial charge in [0.15, 0.2) is 11.5 Å². The standard InChI is InChI=1S/C26H33N3O2/c1-17(2)28-13-11-26(12-14-28)29-23(20-7-6-8-24(30-5)25(20)31-26)16-22(27-29)21-15-18(3)9-10-19(21)4/h6-10,15,17,23H,11-14,16H2,1-5H3/t23-/m1/s1. The molecule has 0 aliphatic carbocycles. The molecule has 1 atom stereocenters. The van der Waals surface area contributed by atoms with E-state index in [4.69, 9.17) is 14.6 Å². The van der Waals surface area contributed by atoms with Crippen LogP contribution >= 0.6 is 0 Å². The minimum Gasteiger partial charge on any atom is -0.493 e. The highest BCUT2D eigenvalue weighted by Crippen LogP contribution is 2.52. The second-order valence-electron chi connectivity index (χ2n) is 9.49. The Bertz CT molecular complexity index is 1020. The van der Waals surface area contributed by atoms with Crippen molar-refractivity contribution in [3.63, 3.8) is 0 Å². The zero-order chi connectivity index (χ0) is 21.8. The van der Waals surface area contributed by atoms with Gasteiger partial charge in [0, 0.05) is 49.5 Å². The number of para-hydroxylation sites is 1. The van der Waals surface area contributed by atoms with Gasteiger partial charge in [-0.2, -0.15) is 5.10 Å². The van der Waals surface area contributed by atoms with E-state index in [1.54, 1.807) is 7.11 Å². The SMILES string of the molecule is COc1cccc2c1OC1(CCN(C(C)C)CC1)N1N=C(c3cc(C)ccc3C)C[C@H]21. The molecule has 3 aliphatic rings. The van der Waals surface area contributed by atoms with Crippen molar-refractivity contribution < 1.29 is 9.47 Å². The molecule has 1 spiro atoms. The smallest absolute Gasteiger partial charge is 0.200 e. The van der Waals surface area contributed by atoms with E-state index in [0.717, 1.165) is 49.6 Å². The van der Waals surface area contributed by atoms with Crippen LogP contribution in [-0.2, 0) is 0 Å². The van der Waals surface area contributed by atoms with Crippen LogP contribution in [0.5, 0.6) is 11.5 Å². The predicted octanol–water partition coefficient (Wildman–Crippen LogP) is 5.06. The summed E-state index contributed by atoms with van der Waals surface area (Å²) in [6.45, 7) is 10.9. The fraction of sp³-hybridized carbons (Fsp3) is 0.500. The lowest BCUT2D eigenvalue weighted by molar-refractivity contribution is -0.153. The molecule has 164 valence electrons. The first-order valence-electron chi connectivity index (χ1n) is 11.5. The second kappa shape index (κ2) is 7.56. The van der Waals surface area contributed by atoms with Crippen molar-refractivity contribution in [3.8, 4) is 11.5 Å². The van der Waals surface area contributed by atoms with Gasteiger partial charge in [-0.05, 0) is 45.4 Å². The summed E-state index contributed by atoms with van der Waals surface area (Å²) in [5, 5.41) is 7.54. The number of hydrazone groups is 1. The van der Waals surface area contributed by atoms with E-state index in [-0.39, 0.29) is 6.04 Å². The Morgan fingerprint density at radius 2 is 1.90 bits per heavy atom. The molecule has 0 saturated carbocycles. The number of likely N-dealkylation sites (tertiary alicyclic amines) is 1. The number of fused-ring (bicyclic) bond motifs is 4. The van der Waals surface area contributed by atoms with Crippen molar-refractivity contribution in [2.24, 2.45) is 5.10 Å². The molecule has 1 fully saturated rings. The van der Waals surface area contributed by atoms with Gasteiger partial charge in [0.1, 0.15) is 0 Å². The van der Waals surface area contributed by atoms with E-state index < -0.39 is 5.72 Å². The molecule has 0 aromatic heterocycles. The molecule has 0 radical (unpaired) electrons. The zero-order valence-corrected chi connectivity index (χ0v) is 19.3. The Balaban J connectivity index is 1.59. The van der Waals surface area contributed by atoms with Gasteiger partial charge in [-0.3, -0.25) is 0 Å². The van der Waals surface area contributed by atoms with E-state index in [2.05, 4.69) is 67.9 Å². The van der Waals surface area contributed by atoms with Crippen LogP contribution in [0.3, 0.4) is 0 Å². The monoisotopic (exact) mass is 419 g/mol. The van der Waals surface area contributed by atoms with Crippen molar-refractivity contribution in [2.75, 3.05) is 20.2 Å².